The third kappa shape index (κ3) is 1.43. The molecule has 0 aromatic carbocycles. The Morgan fingerprint density at radius 3 is 2.64 bits per heavy atom. The van der Waals surface area contributed by atoms with Crippen LogP contribution in [0.1, 0.15) is 15.2 Å². The molecule has 0 aliphatic heterocycles. The van der Waals surface area contributed by atoms with Crippen molar-refractivity contribution in [1.82, 2.24) is 0 Å². The molecule has 0 saturated carbocycles. The van der Waals surface area contributed by atoms with Crippen LogP contribution >= 0.6 is 11.3 Å². The van der Waals surface area contributed by atoms with E-state index in [1.807, 2.05) is 0 Å². The molecule has 0 N–H and O–H groups in total. The van der Waals surface area contributed by atoms with E-state index in [0.29, 0.717) is 16.7 Å². The SMILES string of the molecule is Cc1cc([N+](=O)[O-])sc1C=O. The summed E-state index contributed by atoms with van der Waals surface area (Å²) in [5, 5.41) is 10.2. The first-order valence-electron chi connectivity index (χ1n) is 2.85. The number of aryl methyl sites for hydroxylation is 1. The molecule has 1 aromatic rings. The molecule has 1 aromatic heterocycles. The van der Waals surface area contributed by atoms with Crippen LogP contribution in [0.5, 0.6) is 0 Å². The molecule has 5 heteroatoms. The van der Waals surface area contributed by atoms with Gasteiger partial charge in [0.15, 0.2) is 6.29 Å². The molecule has 1 heterocycles. The molecule has 0 saturated heterocycles. The average molecular weight is 171 g/mol. The Morgan fingerprint density at radius 2 is 2.36 bits per heavy atom. The number of hydrogen-bond donors (Lipinski definition) is 0. The highest BCUT2D eigenvalue weighted by molar-refractivity contribution is 7.17. The summed E-state index contributed by atoms with van der Waals surface area (Å²) in [6.45, 7) is 1.67. The molecule has 11 heavy (non-hydrogen) atoms. The Bertz CT molecular complexity index is 305. The Labute approximate surface area is 66.6 Å². The van der Waals surface area contributed by atoms with Gasteiger partial charge in [0.05, 0.1) is 9.80 Å². The zero-order valence-corrected chi connectivity index (χ0v) is 6.55. The number of nitro groups is 1. The summed E-state index contributed by atoms with van der Waals surface area (Å²) in [7, 11) is 0. The number of aldehydes is 1. The lowest BCUT2D eigenvalue weighted by Gasteiger charge is -1.78. The number of thiophene rings is 1. The highest BCUT2D eigenvalue weighted by Crippen LogP contribution is 2.26. The lowest BCUT2D eigenvalue weighted by molar-refractivity contribution is -0.380. The molecule has 0 atom stereocenters. The first kappa shape index (κ1) is 7.87. The maximum Gasteiger partial charge on any atom is 0.325 e. The van der Waals surface area contributed by atoms with Gasteiger partial charge in [0, 0.05) is 6.07 Å². The van der Waals surface area contributed by atoms with Gasteiger partial charge >= 0.3 is 5.00 Å². The standard InChI is InChI=1S/C6H5NO3S/c1-4-2-6(7(9)10)11-5(4)3-8/h2-3H,1H3. The first-order chi connectivity index (χ1) is 5.15. The van der Waals surface area contributed by atoms with Crippen molar-refractivity contribution in [2.24, 2.45) is 0 Å². The van der Waals surface area contributed by atoms with Crippen LogP contribution in [-0.2, 0) is 0 Å². The van der Waals surface area contributed by atoms with E-state index in [1.54, 1.807) is 6.92 Å². The molecule has 0 amide bonds. The van der Waals surface area contributed by atoms with Crippen molar-refractivity contribution in [3.63, 3.8) is 0 Å². The lowest BCUT2D eigenvalue weighted by Crippen LogP contribution is -1.80. The third-order valence-corrected chi connectivity index (χ3v) is 2.34. The summed E-state index contributed by atoms with van der Waals surface area (Å²) in [5.74, 6) is 0. The van der Waals surface area contributed by atoms with E-state index in [2.05, 4.69) is 0 Å². The molecule has 0 unspecified atom stereocenters. The fourth-order valence-electron chi connectivity index (χ4n) is 0.686. The highest BCUT2D eigenvalue weighted by Gasteiger charge is 2.12. The summed E-state index contributed by atoms with van der Waals surface area (Å²) in [6.07, 6.45) is 0.632. The lowest BCUT2D eigenvalue weighted by atomic mass is 10.3. The van der Waals surface area contributed by atoms with Crippen LogP contribution < -0.4 is 0 Å². The summed E-state index contributed by atoms with van der Waals surface area (Å²) in [4.78, 5) is 20.4. The van der Waals surface area contributed by atoms with Crippen molar-refractivity contribution in [2.75, 3.05) is 0 Å². The Hall–Kier alpha value is -1.23. The molecule has 1 rings (SSSR count). The number of carbonyl (C=O) groups excluding carboxylic acids is 1. The van der Waals surface area contributed by atoms with E-state index >= 15 is 0 Å². The second-order valence-electron chi connectivity index (χ2n) is 2.01. The predicted molar refractivity (Wildman–Crippen MR) is 41.1 cm³/mol. The zero-order valence-electron chi connectivity index (χ0n) is 5.73. The van der Waals surface area contributed by atoms with Crippen LogP contribution in [0.4, 0.5) is 5.00 Å². The van der Waals surface area contributed by atoms with Gasteiger partial charge in [0.2, 0.25) is 0 Å². The van der Waals surface area contributed by atoms with Gasteiger partial charge in [-0.2, -0.15) is 0 Å². The van der Waals surface area contributed by atoms with Gasteiger partial charge in [0.1, 0.15) is 0 Å². The molecule has 0 bridgehead atoms. The van der Waals surface area contributed by atoms with Gasteiger partial charge in [-0.05, 0) is 12.5 Å². The van der Waals surface area contributed by atoms with E-state index in [0.717, 1.165) is 11.3 Å². The monoisotopic (exact) mass is 171 g/mol. The minimum atomic E-state index is -0.495. The number of carbonyl (C=O) groups is 1. The second-order valence-corrected chi connectivity index (χ2v) is 3.07. The van der Waals surface area contributed by atoms with Crippen molar-refractivity contribution in [3.05, 3.63) is 26.6 Å². The van der Waals surface area contributed by atoms with Crippen molar-refractivity contribution in [1.29, 1.82) is 0 Å². The van der Waals surface area contributed by atoms with E-state index in [9.17, 15) is 14.9 Å². The van der Waals surface area contributed by atoms with Crippen molar-refractivity contribution in [2.45, 2.75) is 6.92 Å². The summed E-state index contributed by atoms with van der Waals surface area (Å²) < 4.78 is 0. The minimum absolute atomic E-state index is 0.0181. The van der Waals surface area contributed by atoms with Crippen LogP contribution in [0.15, 0.2) is 6.07 Å². The van der Waals surface area contributed by atoms with Gasteiger partial charge in [-0.3, -0.25) is 14.9 Å². The molecule has 0 fully saturated rings. The largest absolute Gasteiger partial charge is 0.325 e. The molecule has 0 aliphatic rings. The second kappa shape index (κ2) is 2.79. The topological polar surface area (TPSA) is 60.2 Å². The van der Waals surface area contributed by atoms with Gasteiger partial charge < -0.3 is 0 Å². The highest BCUT2D eigenvalue weighted by atomic mass is 32.1. The van der Waals surface area contributed by atoms with Crippen molar-refractivity contribution >= 4 is 22.6 Å². The normalized spacial score (nSPS) is 9.55. The molecular weight excluding hydrogens is 166 g/mol. The van der Waals surface area contributed by atoms with Gasteiger partial charge in [-0.25, -0.2) is 0 Å². The van der Waals surface area contributed by atoms with E-state index in [4.69, 9.17) is 0 Å². The van der Waals surface area contributed by atoms with Gasteiger partial charge in [-0.1, -0.05) is 11.3 Å². The van der Waals surface area contributed by atoms with Crippen LogP contribution in [-0.4, -0.2) is 11.2 Å². The molecule has 0 radical (unpaired) electrons. The maximum absolute atomic E-state index is 10.3. The molecule has 0 aliphatic carbocycles. The van der Waals surface area contributed by atoms with E-state index in [1.165, 1.54) is 6.07 Å². The number of rotatable bonds is 2. The molecule has 58 valence electrons. The van der Waals surface area contributed by atoms with Gasteiger partial charge in [-0.15, -0.1) is 0 Å². The minimum Gasteiger partial charge on any atom is -0.297 e. The van der Waals surface area contributed by atoms with Crippen LogP contribution in [0.25, 0.3) is 0 Å². The van der Waals surface area contributed by atoms with E-state index in [-0.39, 0.29) is 5.00 Å². The molecule has 0 spiro atoms. The van der Waals surface area contributed by atoms with Crippen LogP contribution in [0.3, 0.4) is 0 Å². The molecular formula is C6H5NO3S. The molecule has 4 nitrogen and oxygen atoms in total. The quantitative estimate of drug-likeness (QED) is 0.387. The summed E-state index contributed by atoms with van der Waals surface area (Å²) in [5.41, 5.74) is 0.664. The van der Waals surface area contributed by atoms with Crippen LogP contribution in [0, 0.1) is 17.0 Å². The fraction of sp³-hybridized carbons (Fsp3) is 0.167. The van der Waals surface area contributed by atoms with E-state index < -0.39 is 4.92 Å². The van der Waals surface area contributed by atoms with Crippen molar-refractivity contribution < 1.29 is 9.72 Å². The third-order valence-electron chi connectivity index (χ3n) is 1.23. The maximum atomic E-state index is 10.3. The smallest absolute Gasteiger partial charge is 0.297 e. The van der Waals surface area contributed by atoms with Crippen LogP contribution in [0.2, 0.25) is 0 Å². The number of hydrogen-bond acceptors (Lipinski definition) is 4. The average Bonchev–Trinajstić information content (AvgIpc) is 2.31. The Balaban J connectivity index is 3.14. The number of nitrogens with zero attached hydrogens (tertiary/aromatic N) is 1. The van der Waals surface area contributed by atoms with Gasteiger partial charge in [0.25, 0.3) is 0 Å². The first-order valence-corrected chi connectivity index (χ1v) is 3.67. The predicted octanol–water partition coefficient (Wildman–Crippen LogP) is 1.78. The van der Waals surface area contributed by atoms with Crippen molar-refractivity contribution in [3.8, 4) is 0 Å². The summed E-state index contributed by atoms with van der Waals surface area (Å²) in [6, 6.07) is 1.40. The Morgan fingerprint density at radius 1 is 1.73 bits per heavy atom. The summed E-state index contributed by atoms with van der Waals surface area (Å²) >= 11 is 0.900. The fourth-order valence-corrected chi connectivity index (χ4v) is 1.49. The Kier molecular flexibility index (Phi) is 2.00. The zero-order chi connectivity index (χ0) is 8.43.